The van der Waals surface area contributed by atoms with E-state index in [0.717, 1.165) is 5.56 Å². The van der Waals surface area contributed by atoms with Crippen LogP contribution in [0, 0.1) is 12.7 Å². The first-order chi connectivity index (χ1) is 14.0. The van der Waals surface area contributed by atoms with Crippen molar-refractivity contribution < 1.29 is 23.1 Å². The van der Waals surface area contributed by atoms with Crippen molar-refractivity contribution >= 4 is 22.8 Å². The van der Waals surface area contributed by atoms with Crippen molar-refractivity contribution in [3.63, 3.8) is 0 Å². The van der Waals surface area contributed by atoms with Crippen LogP contribution >= 0.6 is 0 Å². The zero-order chi connectivity index (χ0) is 20.6. The molecule has 0 aliphatic carbocycles. The van der Waals surface area contributed by atoms with Gasteiger partial charge in [0, 0.05) is 24.0 Å². The molecule has 1 saturated heterocycles. The Bertz CT molecular complexity index is 1070. The van der Waals surface area contributed by atoms with E-state index in [2.05, 4.69) is 0 Å². The van der Waals surface area contributed by atoms with Crippen molar-refractivity contribution in [1.29, 1.82) is 0 Å². The summed E-state index contributed by atoms with van der Waals surface area (Å²) in [6.45, 7) is 2.55. The fourth-order valence-electron chi connectivity index (χ4n) is 4.20. The molecule has 0 atom stereocenters. The third-order valence-corrected chi connectivity index (χ3v) is 5.90. The fraction of sp³-hybridized carbons (Fsp3) is 0.304. The lowest BCUT2D eigenvalue weighted by Crippen LogP contribution is -2.49. The van der Waals surface area contributed by atoms with Crippen LogP contribution in [0.4, 0.5) is 4.39 Å². The number of rotatable bonds is 3. The zero-order valence-corrected chi connectivity index (χ0v) is 16.4. The summed E-state index contributed by atoms with van der Waals surface area (Å²) in [4.78, 5) is 27.4. The van der Waals surface area contributed by atoms with Crippen LogP contribution in [0.15, 0.2) is 52.9 Å². The van der Waals surface area contributed by atoms with Gasteiger partial charge in [-0.25, -0.2) is 4.39 Å². The lowest BCUT2D eigenvalue weighted by molar-refractivity contribution is -0.149. The number of benzene rings is 2. The van der Waals surface area contributed by atoms with E-state index in [1.54, 1.807) is 11.8 Å². The van der Waals surface area contributed by atoms with E-state index in [0.29, 0.717) is 42.5 Å². The van der Waals surface area contributed by atoms with E-state index in [-0.39, 0.29) is 23.5 Å². The van der Waals surface area contributed by atoms with E-state index in [9.17, 15) is 14.0 Å². The average Bonchev–Trinajstić information content (AvgIpc) is 3.09. The third-order valence-electron chi connectivity index (χ3n) is 5.90. The zero-order valence-electron chi connectivity index (χ0n) is 16.4. The van der Waals surface area contributed by atoms with Gasteiger partial charge in [0.15, 0.2) is 5.76 Å². The molecule has 29 heavy (non-hydrogen) atoms. The monoisotopic (exact) mass is 395 g/mol. The number of piperidine rings is 1. The molecule has 1 amide bonds. The first-order valence-corrected chi connectivity index (χ1v) is 9.58. The van der Waals surface area contributed by atoms with Crippen LogP contribution in [0.5, 0.6) is 0 Å². The van der Waals surface area contributed by atoms with Crippen LogP contribution in [0.1, 0.15) is 34.5 Å². The van der Waals surface area contributed by atoms with Crippen LogP contribution < -0.4 is 0 Å². The van der Waals surface area contributed by atoms with Crippen LogP contribution in [0.3, 0.4) is 0 Å². The minimum Gasteiger partial charge on any atom is -0.468 e. The van der Waals surface area contributed by atoms with Crippen molar-refractivity contribution in [1.82, 2.24) is 4.90 Å². The molecule has 0 N–H and O–H groups in total. The molecule has 0 radical (unpaired) electrons. The predicted molar refractivity (Wildman–Crippen MR) is 106 cm³/mol. The number of fused-ring (bicyclic) bond motifs is 1. The van der Waals surface area contributed by atoms with Crippen LogP contribution in [0.2, 0.25) is 0 Å². The molecule has 1 aromatic heterocycles. The first kappa shape index (κ1) is 19.2. The van der Waals surface area contributed by atoms with Crippen molar-refractivity contribution in [2.45, 2.75) is 25.2 Å². The van der Waals surface area contributed by atoms with E-state index in [4.69, 9.17) is 9.15 Å². The van der Waals surface area contributed by atoms with E-state index >= 15 is 0 Å². The average molecular weight is 395 g/mol. The maximum absolute atomic E-state index is 13.6. The summed E-state index contributed by atoms with van der Waals surface area (Å²) >= 11 is 0. The lowest BCUT2D eigenvalue weighted by atomic mass is 9.72. The summed E-state index contributed by atoms with van der Waals surface area (Å²) in [5, 5.41) is 0.596. The largest absolute Gasteiger partial charge is 0.468 e. The Morgan fingerprint density at radius 2 is 1.79 bits per heavy atom. The Morgan fingerprint density at radius 3 is 2.45 bits per heavy atom. The number of hydrogen-bond donors (Lipinski definition) is 0. The SMILES string of the molecule is COC(=O)C1(c2ccccc2)CCN(C(=O)c2oc3ccc(F)cc3c2C)CC1. The highest BCUT2D eigenvalue weighted by Crippen LogP contribution is 2.37. The maximum Gasteiger partial charge on any atom is 0.316 e. The molecule has 0 saturated carbocycles. The molecule has 2 aromatic carbocycles. The summed E-state index contributed by atoms with van der Waals surface area (Å²) < 4.78 is 24.4. The summed E-state index contributed by atoms with van der Waals surface area (Å²) in [5.41, 5.74) is 1.24. The second-order valence-corrected chi connectivity index (χ2v) is 7.43. The Morgan fingerprint density at radius 1 is 1.10 bits per heavy atom. The summed E-state index contributed by atoms with van der Waals surface area (Å²) in [6.07, 6.45) is 0.923. The van der Waals surface area contributed by atoms with Gasteiger partial charge in [-0.2, -0.15) is 0 Å². The summed E-state index contributed by atoms with van der Waals surface area (Å²) in [6, 6.07) is 13.8. The van der Waals surface area contributed by atoms with Crippen LogP contribution in [-0.2, 0) is 14.9 Å². The number of methoxy groups -OCH3 is 1. The van der Waals surface area contributed by atoms with Gasteiger partial charge >= 0.3 is 5.97 Å². The lowest BCUT2D eigenvalue weighted by Gasteiger charge is -2.39. The third kappa shape index (κ3) is 3.18. The molecule has 0 unspecified atom stereocenters. The van der Waals surface area contributed by atoms with E-state index in [1.807, 2.05) is 30.3 Å². The number of likely N-dealkylation sites (tertiary alicyclic amines) is 1. The second kappa shape index (κ2) is 7.35. The van der Waals surface area contributed by atoms with Crippen LogP contribution in [0.25, 0.3) is 11.0 Å². The van der Waals surface area contributed by atoms with Crippen molar-refractivity contribution in [3.05, 3.63) is 71.2 Å². The molecule has 5 nitrogen and oxygen atoms in total. The molecule has 3 aromatic rings. The van der Waals surface area contributed by atoms with E-state index < -0.39 is 5.41 Å². The van der Waals surface area contributed by atoms with Crippen molar-refractivity contribution in [2.24, 2.45) is 0 Å². The number of halogens is 1. The molecule has 150 valence electrons. The highest BCUT2D eigenvalue weighted by molar-refractivity contribution is 5.99. The molecule has 1 fully saturated rings. The van der Waals surface area contributed by atoms with Gasteiger partial charge in [-0.3, -0.25) is 9.59 Å². The molecular formula is C23H22FNO4. The number of carbonyl (C=O) groups excluding carboxylic acids is 2. The number of furan rings is 1. The quantitative estimate of drug-likeness (QED) is 0.623. The minimum atomic E-state index is -0.765. The normalized spacial score (nSPS) is 16.0. The van der Waals surface area contributed by atoms with Crippen LogP contribution in [-0.4, -0.2) is 37.0 Å². The Labute approximate surface area is 168 Å². The molecule has 6 heteroatoms. The molecule has 2 heterocycles. The molecule has 1 aliphatic heterocycles. The van der Waals surface area contributed by atoms with Gasteiger partial charge in [0.1, 0.15) is 11.4 Å². The van der Waals surface area contributed by atoms with Gasteiger partial charge in [-0.15, -0.1) is 0 Å². The Kier molecular flexibility index (Phi) is 4.86. The van der Waals surface area contributed by atoms with Gasteiger partial charge in [-0.1, -0.05) is 30.3 Å². The Hall–Kier alpha value is -3.15. The Balaban J connectivity index is 1.60. The van der Waals surface area contributed by atoms with Gasteiger partial charge < -0.3 is 14.1 Å². The minimum absolute atomic E-state index is 0.218. The molecule has 0 spiro atoms. The van der Waals surface area contributed by atoms with Gasteiger partial charge in [0.2, 0.25) is 0 Å². The fourth-order valence-corrected chi connectivity index (χ4v) is 4.20. The molecule has 4 rings (SSSR count). The highest BCUT2D eigenvalue weighted by Gasteiger charge is 2.45. The smallest absolute Gasteiger partial charge is 0.316 e. The number of amides is 1. The van der Waals surface area contributed by atoms with Gasteiger partial charge in [0.05, 0.1) is 12.5 Å². The summed E-state index contributed by atoms with van der Waals surface area (Å²) in [7, 11) is 1.39. The van der Waals surface area contributed by atoms with Crippen molar-refractivity contribution in [2.75, 3.05) is 20.2 Å². The maximum atomic E-state index is 13.6. The number of carbonyl (C=O) groups is 2. The van der Waals surface area contributed by atoms with Gasteiger partial charge in [-0.05, 0) is 43.5 Å². The van der Waals surface area contributed by atoms with Gasteiger partial charge in [0.25, 0.3) is 5.91 Å². The number of ether oxygens (including phenoxy) is 1. The molecule has 1 aliphatic rings. The summed E-state index contributed by atoms with van der Waals surface area (Å²) in [5.74, 6) is -0.684. The standard InChI is InChI=1S/C23H22FNO4/c1-15-18-14-17(24)8-9-19(18)29-20(15)21(26)25-12-10-23(11-13-25,22(27)28-2)16-6-4-3-5-7-16/h3-9,14H,10-13H2,1-2H3. The number of hydrogen-bond acceptors (Lipinski definition) is 4. The van der Waals surface area contributed by atoms with E-state index in [1.165, 1.54) is 25.3 Å². The number of aryl methyl sites for hydroxylation is 1. The number of nitrogens with zero attached hydrogens (tertiary/aromatic N) is 1. The van der Waals surface area contributed by atoms with Crippen molar-refractivity contribution in [3.8, 4) is 0 Å². The second-order valence-electron chi connectivity index (χ2n) is 7.43. The first-order valence-electron chi connectivity index (χ1n) is 9.58. The molecular weight excluding hydrogens is 373 g/mol. The predicted octanol–water partition coefficient (Wildman–Crippen LogP) is 4.23. The highest BCUT2D eigenvalue weighted by atomic mass is 19.1. The topological polar surface area (TPSA) is 59.8 Å². The molecule has 0 bridgehead atoms. The number of esters is 1.